The van der Waals surface area contributed by atoms with Crippen molar-refractivity contribution in [1.82, 2.24) is 0 Å². The van der Waals surface area contributed by atoms with Gasteiger partial charge in [0.15, 0.2) is 0 Å². The molecule has 13 heavy (non-hydrogen) atoms. The molecule has 0 N–H and O–H groups in total. The van der Waals surface area contributed by atoms with Gasteiger partial charge in [0.25, 0.3) is 0 Å². The molecule has 1 fully saturated rings. The highest BCUT2D eigenvalue weighted by Crippen LogP contribution is 2.27. The first-order valence-corrected chi connectivity index (χ1v) is 4.82. The molecule has 0 bridgehead atoms. The molecule has 0 aromatic rings. The number of hydrogen-bond acceptors (Lipinski definition) is 2. The molecule has 0 unspecified atom stereocenters. The van der Waals surface area contributed by atoms with Gasteiger partial charge >= 0.3 is 0 Å². The van der Waals surface area contributed by atoms with Gasteiger partial charge in [-0.1, -0.05) is 0 Å². The van der Waals surface area contributed by atoms with Crippen LogP contribution in [0.2, 0.25) is 0 Å². The molecule has 2 nitrogen and oxygen atoms in total. The lowest BCUT2D eigenvalue weighted by molar-refractivity contribution is -0.100. The number of hydrogen-bond donors (Lipinski definition) is 0. The minimum absolute atomic E-state index is 0.194. The van der Waals surface area contributed by atoms with E-state index in [0.29, 0.717) is 26.1 Å². The Morgan fingerprint density at radius 3 is 2.31 bits per heavy atom. The second-order valence-electron chi connectivity index (χ2n) is 4.66. The predicted molar refractivity (Wildman–Crippen MR) is 49.6 cm³/mol. The molecule has 78 valence electrons. The van der Waals surface area contributed by atoms with E-state index in [1.165, 1.54) is 0 Å². The molecule has 0 aromatic carbocycles. The van der Waals surface area contributed by atoms with Crippen molar-refractivity contribution in [3.63, 3.8) is 0 Å². The van der Waals surface area contributed by atoms with Gasteiger partial charge in [-0.3, -0.25) is 0 Å². The van der Waals surface area contributed by atoms with Crippen LogP contribution in [0.25, 0.3) is 0 Å². The van der Waals surface area contributed by atoms with Crippen molar-refractivity contribution in [2.75, 3.05) is 19.8 Å². The minimum Gasteiger partial charge on any atom is -0.381 e. The van der Waals surface area contributed by atoms with Gasteiger partial charge in [0, 0.05) is 26.1 Å². The molecule has 1 aliphatic rings. The van der Waals surface area contributed by atoms with Gasteiger partial charge in [0.05, 0.1) is 12.2 Å². The molecule has 0 saturated carbocycles. The van der Waals surface area contributed by atoms with Crippen molar-refractivity contribution >= 4 is 0 Å². The van der Waals surface area contributed by atoms with Crippen molar-refractivity contribution in [1.29, 1.82) is 0 Å². The summed E-state index contributed by atoms with van der Waals surface area (Å²) in [4.78, 5) is 0. The highest BCUT2D eigenvalue weighted by atomic mass is 19.1. The van der Waals surface area contributed by atoms with Crippen LogP contribution in [0.4, 0.5) is 4.39 Å². The van der Waals surface area contributed by atoms with E-state index >= 15 is 0 Å². The van der Waals surface area contributed by atoms with Gasteiger partial charge in [-0.15, -0.1) is 0 Å². The van der Waals surface area contributed by atoms with Crippen LogP contribution in [-0.2, 0) is 9.47 Å². The van der Waals surface area contributed by atoms with Crippen LogP contribution < -0.4 is 0 Å². The number of ether oxygens (including phenoxy) is 2. The summed E-state index contributed by atoms with van der Waals surface area (Å²) in [5, 5.41) is 0. The van der Waals surface area contributed by atoms with Crippen LogP contribution in [0.5, 0.6) is 0 Å². The molecule has 0 aromatic heterocycles. The molecular formula is C10H19FO2. The van der Waals surface area contributed by atoms with Crippen LogP contribution >= 0.6 is 0 Å². The van der Waals surface area contributed by atoms with Crippen molar-refractivity contribution in [3.8, 4) is 0 Å². The maximum absolute atomic E-state index is 13.9. The van der Waals surface area contributed by atoms with Crippen LogP contribution in [-0.4, -0.2) is 31.1 Å². The second kappa shape index (κ2) is 3.93. The fraction of sp³-hybridized carbons (Fsp3) is 1.00. The van der Waals surface area contributed by atoms with Gasteiger partial charge in [-0.2, -0.15) is 0 Å². The van der Waals surface area contributed by atoms with Crippen molar-refractivity contribution in [3.05, 3.63) is 0 Å². The van der Waals surface area contributed by atoms with E-state index in [4.69, 9.17) is 9.47 Å². The van der Waals surface area contributed by atoms with E-state index in [1.54, 1.807) is 0 Å². The summed E-state index contributed by atoms with van der Waals surface area (Å²) in [6, 6.07) is 0. The standard InChI is InChI=1S/C10H19FO2/c1-9(2,3)13-8-10(11)4-6-12-7-5-10/h4-8H2,1-3H3. The lowest BCUT2D eigenvalue weighted by Crippen LogP contribution is -2.39. The summed E-state index contributed by atoms with van der Waals surface area (Å²) in [6.07, 6.45) is 0.923. The minimum atomic E-state index is -1.16. The van der Waals surface area contributed by atoms with Crippen molar-refractivity contribution in [2.24, 2.45) is 0 Å². The van der Waals surface area contributed by atoms with E-state index in [2.05, 4.69) is 0 Å². The fourth-order valence-electron chi connectivity index (χ4n) is 1.23. The monoisotopic (exact) mass is 190 g/mol. The van der Waals surface area contributed by atoms with Crippen molar-refractivity contribution < 1.29 is 13.9 Å². The number of halogens is 1. The van der Waals surface area contributed by atoms with E-state index in [0.717, 1.165) is 0 Å². The first kappa shape index (κ1) is 10.9. The number of rotatable bonds is 2. The van der Waals surface area contributed by atoms with E-state index in [1.807, 2.05) is 20.8 Å². The SMILES string of the molecule is CC(C)(C)OCC1(F)CCOCC1. The van der Waals surface area contributed by atoms with Crippen LogP contribution in [0.15, 0.2) is 0 Å². The molecule has 1 saturated heterocycles. The zero-order valence-corrected chi connectivity index (χ0v) is 8.73. The maximum Gasteiger partial charge on any atom is 0.138 e. The largest absolute Gasteiger partial charge is 0.381 e. The summed E-state index contributed by atoms with van der Waals surface area (Å²) in [7, 11) is 0. The van der Waals surface area contributed by atoms with E-state index in [9.17, 15) is 4.39 Å². The normalized spacial score (nSPS) is 23.1. The average Bonchev–Trinajstić information content (AvgIpc) is 2.02. The van der Waals surface area contributed by atoms with Gasteiger partial charge in [-0.05, 0) is 20.8 Å². The first-order valence-electron chi connectivity index (χ1n) is 4.82. The smallest absolute Gasteiger partial charge is 0.138 e. The molecule has 1 aliphatic heterocycles. The Labute approximate surface area is 79.4 Å². The third kappa shape index (κ3) is 4.05. The first-order chi connectivity index (χ1) is 5.91. The quantitative estimate of drug-likeness (QED) is 0.665. The lowest BCUT2D eigenvalue weighted by Gasteiger charge is -2.32. The highest BCUT2D eigenvalue weighted by Gasteiger charge is 2.33. The molecular weight excluding hydrogens is 171 g/mol. The van der Waals surface area contributed by atoms with Gasteiger partial charge in [0.2, 0.25) is 0 Å². The summed E-state index contributed by atoms with van der Waals surface area (Å²) in [5.74, 6) is 0. The van der Waals surface area contributed by atoms with Gasteiger partial charge in [0.1, 0.15) is 5.67 Å². The molecule has 0 amide bonds. The third-order valence-corrected chi connectivity index (χ3v) is 2.15. The zero-order chi connectivity index (χ0) is 9.95. The molecule has 0 atom stereocenters. The Morgan fingerprint density at radius 2 is 1.85 bits per heavy atom. The van der Waals surface area contributed by atoms with Crippen LogP contribution in [0.3, 0.4) is 0 Å². The topological polar surface area (TPSA) is 18.5 Å². The van der Waals surface area contributed by atoms with E-state index < -0.39 is 5.67 Å². The lowest BCUT2D eigenvalue weighted by atomic mass is 9.97. The Balaban J connectivity index is 2.33. The Hall–Kier alpha value is -0.150. The molecule has 3 heteroatoms. The predicted octanol–water partition coefficient (Wildman–Crippen LogP) is 2.32. The Bertz CT molecular complexity index is 157. The highest BCUT2D eigenvalue weighted by molar-refractivity contribution is 4.82. The van der Waals surface area contributed by atoms with E-state index in [-0.39, 0.29) is 12.2 Å². The second-order valence-corrected chi connectivity index (χ2v) is 4.66. The molecule has 1 heterocycles. The van der Waals surface area contributed by atoms with Crippen LogP contribution in [0, 0.1) is 0 Å². The summed E-state index contributed by atoms with van der Waals surface area (Å²) in [6.45, 7) is 7.05. The van der Waals surface area contributed by atoms with Gasteiger partial charge < -0.3 is 9.47 Å². The van der Waals surface area contributed by atoms with Crippen molar-refractivity contribution in [2.45, 2.75) is 44.9 Å². The Kier molecular flexibility index (Phi) is 3.30. The number of alkyl halides is 1. The average molecular weight is 190 g/mol. The molecule has 1 rings (SSSR count). The zero-order valence-electron chi connectivity index (χ0n) is 8.73. The summed E-state index contributed by atoms with van der Waals surface area (Å²) < 4.78 is 24.4. The Morgan fingerprint density at radius 1 is 1.31 bits per heavy atom. The fourth-order valence-corrected chi connectivity index (χ4v) is 1.23. The van der Waals surface area contributed by atoms with Gasteiger partial charge in [-0.25, -0.2) is 4.39 Å². The molecule has 0 aliphatic carbocycles. The maximum atomic E-state index is 13.9. The third-order valence-electron chi connectivity index (χ3n) is 2.15. The molecule has 0 radical (unpaired) electrons. The molecule has 0 spiro atoms. The summed E-state index contributed by atoms with van der Waals surface area (Å²) in [5.41, 5.74) is -1.41. The summed E-state index contributed by atoms with van der Waals surface area (Å²) >= 11 is 0. The van der Waals surface area contributed by atoms with Crippen LogP contribution in [0.1, 0.15) is 33.6 Å².